The lowest BCUT2D eigenvalue weighted by Gasteiger charge is -2.29. The van der Waals surface area contributed by atoms with Crippen molar-refractivity contribution in [3.63, 3.8) is 0 Å². The molecule has 0 radical (unpaired) electrons. The highest BCUT2D eigenvalue weighted by atomic mass is 19.4. The molecular formula is C10H19F3N2O2. The maximum Gasteiger partial charge on any atom is 0.390 e. The number of carbonyl (C=O) groups excluding carboxylic acids is 1. The van der Waals surface area contributed by atoms with Gasteiger partial charge in [0.15, 0.2) is 0 Å². The number of nitrogens with one attached hydrogen (secondary N) is 2. The first kappa shape index (κ1) is 16.0. The van der Waals surface area contributed by atoms with Crippen molar-refractivity contribution in [2.24, 2.45) is 0 Å². The van der Waals surface area contributed by atoms with Gasteiger partial charge in [-0.25, -0.2) is 4.79 Å². The van der Waals surface area contributed by atoms with E-state index < -0.39 is 30.7 Å². The number of alkyl halides is 3. The number of aliphatic hydroxyl groups is 1. The van der Waals surface area contributed by atoms with Crippen LogP contribution in [0.4, 0.5) is 18.0 Å². The Morgan fingerprint density at radius 3 is 2.29 bits per heavy atom. The number of carbonyl (C=O) groups is 1. The van der Waals surface area contributed by atoms with Crippen LogP contribution in [0.3, 0.4) is 0 Å². The van der Waals surface area contributed by atoms with E-state index in [9.17, 15) is 18.0 Å². The first-order chi connectivity index (χ1) is 7.72. The Bertz CT molecular complexity index is 246. The lowest BCUT2D eigenvalue weighted by molar-refractivity contribution is -0.132. The molecule has 1 unspecified atom stereocenters. The number of amides is 2. The highest BCUT2D eigenvalue weighted by molar-refractivity contribution is 5.74. The van der Waals surface area contributed by atoms with Gasteiger partial charge in [-0.15, -0.1) is 0 Å². The van der Waals surface area contributed by atoms with E-state index in [2.05, 4.69) is 10.6 Å². The predicted octanol–water partition coefficient (Wildman–Crippen LogP) is 1.79. The van der Waals surface area contributed by atoms with Gasteiger partial charge in [-0.3, -0.25) is 0 Å². The van der Waals surface area contributed by atoms with Crippen LogP contribution in [-0.2, 0) is 0 Å². The van der Waals surface area contributed by atoms with Crippen LogP contribution in [0.2, 0.25) is 0 Å². The molecule has 4 nitrogen and oxygen atoms in total. The van der Waals surface area contributed by atoms with E-state index in [1.165, 1.54) is 0 Å². The van der Waals surface area contributed by atoms with Gasteiger partial charge in [0.25, 0.3) is 0 Å². The highest BCUT2D eigenvalue weighted by Crippen LogP contribution is 2.18. The van der Waals surface area contributed by atoms with Gasteiger partial charge in [0, 0.05) is 18.7 Å². The summed E-state index contributed by atoms with van der Waals surface area (Å²) < 4.78 is 35.5. The van der Waals surface area contributed by atoms with Crippen molar-refractivity contribution in [2.75, 3.05) is 13.2 Å². The second-order valence-electron chi connectivity index (χ2n) is 4.13. The van der Waals surface area contributed by atoms with Crippen LogP contribution in [0.15, 0.2) is 0 Å². The van der Waals surface area contributed by atoms with Crippen molar-refractivity contribution < 1.29 is 23.1 Å². The van der Waals surface area contributed by atoms with Gasteiger partial charge in [0.1, 0.15) is 0 Å². The van der Waals surface area contributed by atoms with Gasteiger partial charge in [-0.1, -0.05) is 6.92 Å². The predicted molar refractivity (Wildman–Crippen MR) is 57.6 cm³/mol. The summed E-state index contributed by atoms with van der Waals surface area (Å²) in [6.07, 6.45) is -4.38. The maximum absolute atomic E-state index is 11.8. The molecule has 0 aliphatic heterocycles. The van der Waals surface area contributed by atoms with Gasteiger partial charge in [0.05, 0.1) is 6.42 Å². The Balaban J connectivity index is 4.00. The first-order valence-electron chi connectivity index (χ1n) is 5.46. The monoisotopic (exact) mass is 256 g/mol. The Morgan fingerprint density at radius 1 is 1.29 bits per heavy atom. The molecule has 0 aromatic rings. The second kappa shape index (κ2) is 6.68. The van der Waals surface area contributed by atoms with E-state index >= 15 is 0 Å². The molecule has 7 heteroatoms. The van der Waals surface area contributed by atoms with Gasteiger partial charge < -0.3 is 15.7 Å². The van der Waals surface area contributed by atoms with Crippen molar-refractivity contribution >= 4 is 6.03 Å². The third-order valence-electron chi connectivity index (χ3n) is 2.55. The number of halogens is 3. The average molecular weight is 256 g/mol. The third kappa shape index (κ3) is 7.84. The zero-order chi connectivity index (χ0) is 13.5. The number of hydrogen-bond acceptors (Lipinski definition) is 2. The smallest absolute Gasteiger partial charge is 0.390 e. The number of aliphatic hydroxyl groups excluding tert-OH is 1. The van der Waals surface area contributed by atoms with E-state index in [1.807, 2.05) is 6.92 Å². The summed E-state index contributed by atoms with van der Waals surface area (Å²) in [5.41, 5.74) is -0.600. The van der Waals surface area contributed by atoms with E-state index in [0.29, 0.717) is 12.8 Å². The molecule has 0 bridgehead atoms. The molecule has 2 amide bonds. The van der Waals surface area contributed by atoms with Crippen LogP contribution < -0.4 is 10.6 Å². The van der Waals surface area contributed by atoms with Crippen LogP contribution in [0.25, 0.3) is 0 Å². The fourth-order valence-corrected chi connectivity index (χ4v) is 1.21. The molecular weight excluding hydrogens is 237 g/mol. The molecule has 0 spiro atoms. The molecule has 0 rings (SSSR count). The van der Waals surface area contributed by atoms with Crippen LogP contribution in [-0.4, -0.2) is 36.0 Å². The maximum atomic E-state index is 11.8. The van der Waals surface area contributed by atoms with Crippen molar-refractivity contribution in [1.29, 1.82) is 0 Å². The summed E-state index contributed by atoms with van der Waals surface area (Å²) in [4.78, 5) is 11.3. The summed E-state index contributed by atoms with van der Waals surface area (Å²) >= 11 is 0. The minimum absolute atomic E-state index is 0.0901. The molecule has 0 aromatic heterocycles. The second-order valence-corrected chi connectivity index (χ2v) is 4.13. The normalized spacial score (nSPS) is 15.2. The van der Waals surface area contributed by atoms with Crippen molar-refractivity contribution in [1.82, 2.24) is 10.6 Å². The molecule has 102 valence electrons. The Hall–Kier alpha value is -0.980. The van der Waals surface area contributed by atoms with Crippen LogP contribution in [0, 0.1) is 0 Å². The average Bonchev–Trinajstić information content (AvgIpc) is 2.15. The number of rotatable bonds is 6. The van der Waals surface area contributed by atoms with Crippen molar-refractivity contribution in [2.45, 2.75) is 44.8 Å². The zero-order valence-electron chi connectivity index (χ0n) is 10.0. The van der Waals surface area contributed by atoms with E-state index in [0.717, 1.165) is 0 Å². The summed E-state index contributed by atoms with van der Waals surface area (Å²) in [5, 5.41) is 13.5. The van der Waals surface area contributed by atoms with Gasteiger partial charge in [-0.2, -0.15) is 13.2 Å². The molecule has 0 fully saturated rings. The molecule has 17 heavy (non-hydrogen) atoms. The number of urea groups is 1. The first-order valence-corrected chi connectivity index (χ1v) is 5.46. The SMILES string of the molecule is CCC(C)(CCO)NC(=O)NCCC(F)(F)F. The Kier molecular flexibility index (Phi) is 6.30. The van der Waals surface area contributed by atoms with Gasteiger partial charge in [-0.05, 0) is 19.8 Å². The Morgan fingerprint density at radius 2 is 1.88 bits per heavy atom. The van der Waals surface area contributed by atoms with E-state index in [-0.39, 0.29) is 6.61 Å². The van der Waals surface area contributed by atoms with Gasteiger partial charge >= 0.3 is 12.2 Å². The standard InChI is InChI=1S/C10H19F3N2O2/c1-3-9(2,5-7-16)15-8(17)14-6-4-10(11,12)13/h16H,3-7H2,1-2H3,(H2,14,15,17). The summed E-state index contributed by atoms with van der Waals surface area (Å²) in [6, 6.07) is -0.646. The minimum atomic E-state index is -4.27. The molecule has 0 aliphatic rings. The molecule has 0 aromatic carbocycles. The highest BCUT2D eigenvalue weighted by Gasteiger charge is 2.27. The summed E-state index contributed by atoms with van der Waals surface area (Å²) in [6.45, 7) is 3.01. The van der Waals surface area contributed by atoms with Crippen LogP contribution in [0.5, 0.6) is 0 Å². The van der Waals surface area contributed by atoms with E-state index in [1.54, 1.807) is 6.92 Å². The quantitative estimate of drug-likeness (QED) is 0.678. The fraction of sp³-hybridized carbons (Fsp3) is 0.900. The summed E-state index contributed by atoms with van der Waals surface area (Å²) in [5.74, 6) is 0. The zero-order valence-corrected chi connectivity index (χ0v) is 10.0. The van der Waals surface area contributed by atoms with Crippen molar-refractivity contribution in [3.05, 3.63) is 0 Å². The molecule has 0 heterocycles. The van der Waals surface area contributed by atoms with Gasteiger partial charge in [0.2, 0.25) is 0 Å². The lowest BCUT2D eigenvalue weighted by atomic mass is 9.95. The fourth-order valence-electron chi connectivity index (χ4n) is 1.21. The lowest BCUT2D eigenvalue weighted by Crippen LogP contribution is -2.50. The molecule has 3 N–H and O–H groups in total. The van der Waals surface area contributed by atoms with Crippen LogP contribution in [0.1, 0.15) is 33.1 Å². The van der Waals surface area contributed by atoms with E-state index in [4.69, 9.17) is 5.11 Å². The molecule has 0 saturated heterocycles. The minimum Gasteiger partial charge on any atom is -0.396 e. The van der Waals surface area contributed by atoms with Crippen LogP contribution >= 0.6 is 0 Å². The molecule has 1 atom stereocenters. The Labute approximate surface area is 98.6 Å². The largest absolute Gasteiger partial charge is 0.396 e. The summed E-state index contributed by atoms with van der Waals surface area (Å²) in [7, 11) is 0. The van der Waals surface area contributed by atoms with Crippen molar-refractivity contribution in [3.8, 4) is 0 Å². The number of hydrogen-bond donors (Lipinski definition) is 3. The third-order valence-corrected chi connectivity index (χ3v) is 2.55. The molecule has 0 saturated carbocycles. The molecule has 0 aliphatic carbocycles. The topological polar surface area (TPSA) is 61.4 Å².